The molecule has 6 nitrogen and oxygen atoms in total. The van der Waals surface area contributed by atoms with E-state index in [4.69, 9.17) is 14.7 Å². The first kappa shape index (κ1) is 18.4. The molecule has 7 heteroatoms. The van der Waals surface area contributed by atoms with Crippen LogP contribution >= 0.6 is 11.3 Å². The van der Waals surface area contributed by atoms with Gasteiger partial charge < -0.3 is 9.47 Å². The number of thiazole rings is 1. The molecule has 2 heterocycles. The quantitative estimate of drug-likeness (QED) is 0.655. The van der Waals surface area contributed by atoms with Crippen LogP contribution in [0.25, 0.3) is 10.2 Å². The topological polar surface area (TPSA) is 75.5 Å². The lowest BCUT2D eigenvalue weighted by molar-refractivity contribution is 0.0917. The first-order valence-corrected chi connectivity index (χ1v) is 9.88. The second-order valence-electron chi connectivity index (χ2n) is 6.57. The van der Waals surface area contributed by atoms with E-state index in [-0.39, 0.29) is 12.0 Å². The number of carbonyl (C=O) groups is 1. The lowest BCUT2D eigenvalue weighted by Gasteiger charge is -2.23. The SMILES string of the molecule is COc1ccc2nc(N(CC3CCCO3)C(=O)c3ccc(C#N)cc3)sc2c1. The van der Waals surface area contributed by atoms with Crippen LogP contribution < -0.4 is 9.64 Å². The summed E-state index contributed by atoms with van der Waals surface area (Å²) >= 11 is 1.46. The number of hydrogen-bond acceptors (Lipinski definition) is 6. The minimum atomic E-state index is -0.147. The van der Waals surface area contributed by atoms with Crippen LogP contribution in [0.15, 0.2) is 42.5 Å². The lowest BCUT2D eigenvalue weighted by atomic mass is 10.1. The number of fused-ring (bicyclic) bond motifs is 1. The second kappa shape index (κ2) is 7.97. The third-order valence-corrected chi connectivity index (χ3v) is 5.77. The summed E-state index contributed by atoms with van der Waals surface area (Å²) in [5.74, 6) is 0.609. The third kappa shape index (κ3) is 3.70. The van der Waals surface area contributed by atoms with Crippen molar-refractivity contribution in [1.29, 1.82) is 5.26 Å². The van der Waals surface area contributed by atoms with Crippen molar-refractivity contribution >= 4 is 32.6 Å². The molecule has 142 valence electrons. The Kier molecular flexibility index (Phi) is 5.24. The Bertz CT molecular complexity index is 1030. The van der Waals surface area contributed by atoms with Gasteiger partial charge in [0.25, 0.3) is 5.91 Å². The third-order valence-electron chi connectivity index (χ3n) is 4.73. The summed E-state index contributed by atoms with van der Waals surface area (Å²) in [4.78, 5) is 19.6. The minimum Gasteiger partial charge on any atom is -0.497 e. The maximum atomic E-state index is 13.3. The molecule has 0 saturated carbocycles. The average Bonchev–Trinajstić information content (AvgIpc) is 3.40. The standard InChI is InChI=1S/C21H19N3O3S/c1-26-16-8-9-18-19(11-16)28-21(23-18)24(13-17-3-2-10-27-17)20(25)15-6-4-14(12-22)5-7-15/h4-9,11,17H,2-3,10,13H2,1H3. The van der Waals surface area contributed by atoms with Crippen LogP contribution in [-0.2, 0) is 4.74 Å². The van der Waals surface area contributed by atoms with Crippen LogP contribution in [0.3, 0.4) is 0 Å². The predicted molar refractivity (Wildman–Crippen MR) is 108 cm³/mol. The van der Waals surface area contributed by atoms with Gasteiger partial charge in [-0.1, -0.05) is 11.3 Å². The van der Waals surface area contributed by atoms with E-state index in [1.165, 1.54) is 11.3 Å². The highest BCUT2D eigenvalue weighted by Gasteiger charge is 2.27. The number of amides is 1. The Morgan fingerprint density at radius 3 is 2.86 bits per heavy atom. The summed E-state index contributed by atoms with van der Waals surface area (Å²) in [5, 5.41) is 9.62. The van der Waals surface area contributed by atoms with Crippen molar-refractivity contribution in [2.45, 2.75) is 18.9 Å². The fraction of sp³-hybridized carbons (Fsp3) is 0.286. The zero-order valence-electron chi connectivity index (χ0n) is 15.4. The molecule has 0 spiro atoms. The molecule has 1 fully saturated rings. The zero-order valence-corrected chi connectivity index (χ0v) is 16.2. The first-order valence-electron chi connectivity index (χ1n) is 9.06. The second-order valence-corrected chi connectivity index (χ2v) is 7.58. The molecular weight excluding hydrogens is 374 g/mol. The molecule has 1 aliphatic heterocycles. The van der Waals surface area contributed by atoms with Gasteiger partial charge in [-0.05, 0) is 55.3 Å². The average molecular weight is 393 g/mol. The van der Waals surface area contributed by atoms with E-state index in [0.29, 0.717) is 22.8 Å². The van der Waals surface area contributed by atoms with E-state index in [9.17, 15) is 4.79 Å². The summed E-state index contributed by atoms with van der Waals surface area (Å²) < 4.78 is 12.0. The van der Waals surface area contributed by atoms with Crippen molar-refractivity contribution in [3.63, 3.8) is 0 Å². The molecule has 0 N–H and O–H groups in total. The van der Waals surface area contributed by atoms with Crippen LogP contribution in [-0.4, -0.2) is 37.3 Å². The van der Waals surface area contributed by atoms with Gasteiger partial charge in [-0.25, -0.2) is 4.98 Å². The molecule has 3 aromatic rings. The number of ether oxygens (including phenoxy) is 2. The molecule has 1 saturated heterocycles. The molecule has 0 bridgehead atoms. The normalized spacial score (nSPS) is 16.1. The summed E-state index contributed by atoms with van der Waals surface area (Å²) in [7, 11) is 1.63. The highest BCUT2D eigenvalue weighted by atomic mass is 32.1. The van der Waals surface area contributed by atoms with E-state index >= 15 is 0 Å². The number of rotatable bonds is 5. The Morgan fingerprint density at radius 1 is 1.36 bits per heavy atom. The van der Waals surface area contributed by atoms with Crippen molar-refractivity contribution in [1.82, 2.24) is 4.98 Å². The lowest BCUT2D eigenvalue weighted by Crippen LogP contribution is -2.37. The summed E-state index contributed by atoms with van der Waals surface area (Å²) in [6.45, 7) is 1.18. The van der Waals surface area contributed by atoms with Crippen LogP contribution in [0.1, 0.15) is 28.8 Å². The summed E-state index contributed by atoms with van der Waals surface area (Å²) in [6.07, 6.45) is 1.93. The fourth-order valence-electron chi connectivity index (χ4n) is 3.22. The molecule has 0 radical (unpaired) electrons. The molecular formula is C21H19N3O3S. The van der Waals surface area contributed by atoms with Crippen molar-refractivity contribution < 1.29 is 14.3 Å². The predicted octanol–water partition coefficient (Wildman–Crippen LogP) is 4.00. The highest BCUT2D eigenvalue weighted by Crippen LogP contribution is 2.33. The molecule has 2 aromatic carbocycles. The highest BCUT2D eigenvalue weighted by molar-refractivity contribution is 7.22. The number of benzene rings is 2. The van der Waals surface area contributed by atoms with Gasteiger partial charge in [0.15, 0.2) is 5.13 Å². The van der Waals surface area contributed by atoms with E-state index in [1.54, 1.807) is 36.3 Å². The van der Waals surface area contributed by atoms with E-state index < -0.39 is 0 Å². The molecule has 1 atom stereocenters. The maximum absolute atomic E-state index is 13.3. The van der Waals surface area contributed by atoms with E-state index in [0.717, 1.165) is 35.4 Å². The number of hydrogen-bond donors (Lipinski definition) is 0. The van der Waals surface area contributed by atoms with Gasteiger partial charge in [0.1, 0.15) is 5.75 Å². The Labute approximate surface area is 166 Å². The van der Waals surface area contributed by atoms with Crippen molar-refractivity contribution in [2.24, 2.45) is 0 Å². The summed E-state index contributed by atoms with van der Waals surface area (Å²) in [5.41, 5.74) is 1.87. The summed E-state index contributed by atoms with van der Waals surface area (Å²) in [6, 6.07) is 14.4. The Balaban J connectivity index is 1.69. The minimum absolute atomic E-state index is 0.00359. The number of aromatic nitrogens is 1. The number of carbonyl (C=O) groups excluding carboxylic acids is 1. The zero-order chi connectivity index (χ0) is 19.5. The van der Waals surface area contributed by atoms with Gasteiger partial charge in [0.2, 0.25) is 0 Å². The fourth-order valence-corrected chi connectivity index (χ4v) is 4.22. The number of nitriles is 1. The molecule has 1 aromatic heterocycles. The van der Waals surface area contributed by atoms with Crippen molar-refractivity contribution in [3.05, 3.63) is 53.6 Å². The van der Waals surface area contributed by atoms with Crippen LogP contribution in [0, 0.1) is 11.3 Å². The van der Waals surface area contributed by atoms with Crippen molar-refractivity contribution in [2.75, 3.05) is 25.2 Å². The molecule has 28 heavy (non-hydrogen) atoms. The molecule has 1 amide bonds. The Hall–Kier alpha value is -2.95. The molecule has 1 unspecified atom stereocenters. The number of nitrogens with zero attached hydrogens (tertiary/aromatic N) is 3. The van der Waals surface area contributed by atoms with Crippen molar-refractivity contribution in [3.8, 4) is 11.8 Å². The largest absolute Gasteiger partial charge is 0.497 e. The Morgan fingerprint density at radius 2 is 2.18 bits per heavy atom. The maximum Gasteiger partial charge on any atom is 0.260 e. The molecule has 4 rings (SSSR count). The number of methoxy groups -OCH3 is 1. The van der Waals surface area contributed by atoms with Crippen LogP contribution in [0.4, 0.5) is 5.13 Å². The van der Waals surface area contributed by atoms with Crippen LogP contribution in [0.2, 0.25) is 0 Å². The smallest absolute Gasteiger partial charge is 0.260 e. The van der Waals surface area contributed by atoms with Crippen LogP contribution in [0.5, 0.6) is 5.75 Å². The van der Waals surface area contributed by atoms with Gasteiger partial charge in [0, 0.05) is 12.2 Å². The number of anilines is 1. The first-order chi connectivity index (χ1) is 13.7. The monoisotopic (exact) mass is 393 g/mol. The van der Waals surface area contributed by atoms with Gasteiger partial charge in [0.05, 0.1) is 41.6 Å². The van der Waals surface area contributed by atoms with Gasteiger partial charge in [-0.3, -0.25) is 9.69 Å². The van der Waals surface area contributed by atoms with E-state index in [2.05, 4.69) is 11.1 Å². The van der Waals surface area contributed by atoms with Gasteiger partial charge in [-0.15, -0.1) is 0 Å². The van der Waals surface area contributed by atoms with Gasteiger partial charge in [-0.2, -0.15) is 5.26 Å². The molecule has 1 aliphatic rings. The molecule has 0 aliphatic carbocycles. The van der Waals surface area contributed by atoms with Gasteiger partial charge >= 0.3 is 0 Å². The van der Waals surface area contributed by atoms with E-state index in [1.807, 2.05) is 18.2 Å².